The Morgan fingerprint density at radius 3 is 1.14 bits per heavy atom. The van der Waals surface area contributed by atoms with Gasteiger partial charge in [0.25, 0.3) is 11.6 Å². The molecule has 0 radical (unpaired) electrons. The SMILES string of the molecule is CC(C)(Cc1ccccc1)C(=O)C(=O)C(=O)C(=O)C(C)(C)Cc1ccccc1. The first-order valence-corrected chi connectivity index (χ1v) is 9.30. The van der Waals surface area contributed by atoms with E-state index in [2.05, 4.69) is 0 Å². The highest BCUT2D eigenvalue weighted by atomic mass is 16.2. The fourth-order valence-corrected chi connectivity index (χ4v) is 3.19. The van der Waals surface area contributed by atoms with Crippen molar-refractivity contribution in [3.63, 3.8) is 0 Å². The molecule has 0 unspecified atom stereocenters. The summed E-state index contributed by atoms with van der Waals surface area (Å²) in [6.07, 6.45) is 0.626. The fraction of sp³-hybridized carbons (Fsp3) is 0.333. The molecule has 28 heavy (non-hydrogen) atoms. The van der Waals surface area contributed by atoms with E-state index in [9.17, 15) is 19.2 Å². The van der Waals surface area contributed by atoms with Crippen molar-refractivity contribution in [2.24, 2.45) is 10.8 Å². The summed E-state index contributed by atoms with van der Waals surface area (Å²) in [5, 5.41) is 0. The lowest BCUT2D eigenvalue weighted by Crippen LogP contribution is -2.44. The van der Waals surface area contributed by atoms with E-state index in [-0.39, 0.29) is 0 Å². The van der Waals surface area contributed by atoms with Crippen molar-refractivity contribution >= 4 is 23.1 Å². The maximum atomic E-state index is 12.7. The first-order chi connectivity index (χ1) is 13.0. The van der Waals surface area contributed by atoms with Gasteiger partial charge in [0.2, 0.25) is 11.6 Å². The average Bonchev–Trinajstić information content (AvgIpc) is 2.66. The molecule has 0 spiro atoms. The van der Waals surface area contributed by atoms with Crippen molar-refractivity contribution < 1.29 is 19.2 Å². The van der Waals surface area contributed by atoms with Gasteiger partial charge < -0.3 is 0 Å². The molecule has 0 aliphatic rings. The zero-order valence-electron chi connectivity index (χ0n) is 16.8. The molecular formula is C24H26O4. The number of benzene rings is 2. The lowest BCUT2D eigenvalue weighted by molar-refractivity contribution is -0.152. The van der Waals surface area contributed by atoms with Gasteiger partial charge in [0.15, 0.2) is 0 Å². The Morgan fingerprint density at radius 2 is 0.857 bits per heavy atom. The summed E-state index contributed by atoms with van der Waals surface area (Å²) < 4.78 is 0. The first kappa shape index (κ1) is 21.4. The van der Waals surface area contributed by atoms with Crippen LogP contribution in [0.25, 0.3) is 0 Å². The van der Waals surface area contributed by atoms with Gasteiger partial charge in [0.1, 0.15) is 0 Å². The Labute approximate surface area is 166 Å². The van der Waals surface area contributed by atoms with E-state index in [0.29, 0.717) is 12.8 Å². The number of hydrogen-bond donors (Lipinski definition) is 0. The number of Topliss-reactive ketones (excluding diaryl/α,β-unsaturated/α-hetero) is 4. The molecule has 146 valence electrons. The molecule has 0 aliphatic carbocycles. The second-order valence-electron chi connectivity index (χ2n) is 8.41. The molecule has 2 aromatic carbocycles. The number of carbonyl (C=O) groups excluding carboxylic acids is 4. The van der Waals surface area contributed by atoms with Gasteiger partial charge in [0, 0.05) is 10.8 Å². The number of hydrogen-bond acceptors (Lipinski definition) is 4. The third kappa shape index (κ3) is 5.10. The highest BCUT2D eigenvalue weighted by Crippen LogP contribution is 2.26. The van der Waals surface area contributed by atoms with E-state index in [1.54, 1.807) is 27.7 Å². The smallest absolute Gasteiger partial charge is 0.272 e. The van der Waals surface area contributed by atoms with Gasteiger partial charge >= 0.3 is 0 Å². The van der Waals surface area contributed by atoms with E-state index in [1.807, 2.05) is 60.7 Å². The van der Waals surface area contributed by atoms with E-state index in [4.69, 9.17) is 0 Å². The molecule has 0 heterocycles. The van der Waals surface area contributed by atoms with Crippen LogP contribution in [0.4, 0.5) is 0 Å². The predicted octanol–water partition coefficient (Wildman–Crippen LogP) is 3.80. The monoisotopic (exact) mass is 378 g/mol. The molecule has 2 aromatic rings. The molecule has 4 heteroatoms. The van der Waals surface area contributed by atoms with Crippen molar-refractivity contribution in [2.75, 3.05) is 0 Å². The van der Waals surface area contributed by atoms with Crippen LogP contribution >= 0.6 is 0 Å². The molecule has 0 N–H and O–H groups in total. The zero-order chi connectivity index (χ0) is 20.9. The van der Waals surface area contributed by atoms with Crippen LogP contribution in [0, 0.1) is 10.8 Å². The van der Waals surface area contributed by atoms with Gasteiger partial charge in [-0.3, -0.25) is 19.2 Å². The van der Waals surface area contributed by atoms with Crippen molar-refractivity contribution in [3.05, 3.63) is 71.8 Å². The van der Waals surface area contributed by atoms with Crippen molar-refractivity contribution in [1.29, 1.82) is 0 Å². The lowest BCUT2D eigenvalue weighted by atomic mass is 9.75. The van der Waals surface area contributed by atoms with Crippen LogP contribution in [0.15, 0.2) is 60.7 Å². The van der Waals surface area contributed by atoms with Gasteiger partial charge in [-0.05, 0) is 24.0 Å². The van der Waals surface area contributed by atoms with Gasteiger partial charge in [0.05, 0.1) is 0 Å². The molecule has 0 saturated carbocycles. The molecule has 0 amide bonds. The molecule has 0 saturated heterocycles. The first-order valence-electron chi connectivity index (χ1n) is 9.30. The molecule has 4 nitrogen and oxygen atoms in total. The second kappa shape index (κ2) is 8.42. The molecule has 0 fully saturated rings. The molecule has 0 aliphatic heterocycles. The molecule has 0 atom stereocenters. The quantitative estimate of drug-likeness (QED) is 0.492. The Kier molecular flexibility index (Phi) is 6.45. The highest BCUT2D eigenvalue weighted by Gasteiger charge is 2.42. The molecule has 0 bridgehead atoms. The second-order valence-corrected chi connectivity index (χ2v) is 8.41. The third-order valence-electron chi connectivity index (χ3n) is 4.83. The fourth-order valence-electron chi connectivity index (χ4n) is 3.19. The van der Waals surface area contributed by atoms with E-state index >= 15 is 0 Å². The van der Waals surface area contributed by atoms with Crippen molar-refractivity contribution in [3.8, 4) is 0 Å². The minimum Gasteiger partial charge on any atom is -0.290 e. The van der Waals surface area contributed by atoms with Crippen LogP contribution in [0.3, 0.4) is 0 Å². The summed E-state index contributed by atoms with van der Waals surface area (Å²) in [5.74, 6) is -4.12. The Bertz CT molecular complexity index is 802. The Hall–Kier alpha value is -2.88. The number of ketones is 4. The van der Waals surface area contributed by atoms with E-state index in [1.165, 1.54) is 0 Å². The largest absolute Gasteiger partial charge is 0.290 e. The molecule has 2 rings (SSSR count). The standard InChI is InChI=1S/C24H26O4/c1-23(2,15-17-11-7-5-8-12-17)21(27)19(25)20(26)22(28)24(3,4)16-18-13-9-6-10-14-18/h5-14H,15-16H2,1-4H3. The van der Waals surface area contributed by atoms with Crippen molar-refractivity contribution in [2.45, 2.75) is 40.5 Å². The van der Waals surface area contributed by atoms with E-state index < -0.39 is 34.0 Å². The summed E-state index contributed by atoms with van der Waals surface area (Å²) in [6.45, 7) is 6.47. The van der Waals surface area contributed by atoms with Crippen LogP contribution in [0.2, 0.25) is 0 Å². The van der Waals surface area contributed by atoms with Crippen LogP contribution in [-0.4, -0.2) is 23.1 Å². The average molecular weight is 378 g/mol. The number of carbonyl (C=O) groups is 4. The van der Waals surface area contributed by atoms with Crippen LogP contribution in [0.1, 0.15) is 38.8 Å². The van der Waals surface area contributed by atoms with Crippen molar-refractivity contribution in [1.82, 2.24) is 0 Å². The molecule has 0 aromatic heterocycles. The van der Waals surface area contributed by atoms with Gasteiger partial charge in [-0.25, -0.2) is 0 Å². The predicted molar refractivity (Wildman–Crippen MR) is 108 cm³/mol. The minimum atomic E-state index is -1.23. The van der Waals surface area contributed by atoms with E-state index in [0.717, 1.165) is 11.1 Å². The summed E-state index contributed by atoms with van der Waals surface area (Å²) in [4.78, 5) is 50.4. The lowest BCUT2D eigenvalue weighted by Gasteiger charge is -2.24. The Morgan fingerprint density at radius 1 is 0.571 bits per heavy atom. The summed E-state index contributed by atoms with van der Waals surface area (Å²) in [7, 11) is 0. The Balaban J connectivity index is 2.12. The minimum absolute atomic E-state index is 0.313. The zero-order valence-corrected chi connectivity index (χ0v) is 16.8. The highest BCUT2D eigenvalue weighted by molar-refractivity contribution is 6.79. The van der Waals surface area contributed by atoms with Gasteiger partial charge in [-0.1, -0.05) is 88.4 Å². The van der Waals surface area contributed by atoms with Gasteiger partial charge in [-0.15, -0.1) is 0 Å². The normalized spacial score (nSPS) is 11.7. The van der Waals surface area contributed by atoms with Crippen LogP contribution in [0.5, 0.6) is 0 Å². The van der Waals surface area contributed by atoms with Crippen LogP contribution < -0.4 is 0 Å². The maximum absolute atomic E-state index is 12.7. The number of rotatable bonds is 9. The molecular weight excluding hydrogens is 352 g/mol. The summed E-state index contributed by atoms with van der Waals surface area (Å²) >= 11 is 0. The third-order valence-corrected chi connectivity index (χ3v) is 4.83. The van der Waals surface area contributed by atoms with Gasteiger partial charge in [-0.2, -0.15) is 0 Å². The topological polar surface area (TPSA) is 68.3 Å². The summed E-state index contributed by atoms with van der Waals surface area (Å²) in [5.41, 5.74) is -0.371. The summed E-state index contributed by atoms with van der Waals surface area (Å²) in [6, 6.07) is 18.5. The van der Waals surface area contributed by atoms with Crippen LogP contribution in [-0.2, 0) is 32.0 Å². The maximum Gasteiger partial charge on any atom is 0.272 e.